The van der Waals surface area contributed by atoms with Crippen LogP contribution in [-0.2, 0) is 46.0 Å². The van der Waals surface area contributed by atoms with Crippen LogP contribution in [0.4, 0.5) is 28.6 Å². The molecular formula is C48H50N10O12S4. The highest BCUT2D eigenvalue weighted by atomic mass is 32.3. The average molecular weight is 1090 g/mol. The molecule has 22 nitrogen and oxygen atoms in total. The van der Waals surface area contributed by atoms with Crippen LogP contribution in [-0.4, -0.2) is 95.3 Å². The van der Waals surface area contributed by atoms with Crippen molar-refractivity contribution in [3.05, 3.63) is 172 Å². The topological polar surface area (TPSA) is 299 Å². The third kappa shape index (κ3) is 12.9. The number of pyridine rings is 1. The number of nitro benzene ring substituents is 2. The van der Waals surface area contributed by atoms with Gasteiger partial charge in [0.05, 0.1) is 27.9 Å². The summed E-state index contributed by atoms with van der Waals surface area (Å²) in [5.41, 5.74) is 4.17. The molecule has 3 aromatic carbocycles. The summed E-state index contributed by atoms with van der Waals surface area (Å²) in [5.74, 6) is -0.659. The number of benzene rings is 3. The Hall–Kier alpha value is -7.23. The number of fused-ring (bicyclic) bond motifs is 1. The van der Waals surface area contributed by atoms with E-state index in [0.29, 0.717) is 41.2 Å². The number of rotatable bonds is 17. The second-order valence-electron chi connectivity index (χ2n) is 17.5. The number of aryl methyl sites for hydroxylation is 2. The van der Waals surface area contributed by atoms with E-state index < -0.39 is 40.7 Å². The van der Waals surface area contributed by atoms with Gasteiger partial charge in [0, 0.05) is 101 Å². The zero-order chi connectivity index (χ0) is 52.6. The fourth-order valence-corrected chi connectivity index (χ4v) is 14.5. The number of hydrogen-bond acceptors (Lipinski definition) is 17. The summed E-state index contributed by atoms with van der Waals surface area (Å²) in [4.78, 5) is 61.2. The molecule has 5 heterocycles. The molecule has 0 spiro atoms. The molecule has 0 radical (unpaired) electrons. The molecule has 26 heteroatoms. The fraction of sp³-hybridized carbons (Fsp3) is 0.312. The van der Waals surface area contributed by atoms with Crippen LogP contribution in [0.2, 0.25) is 0 Å². The van der Waals surface area contributed by atoms with Gasteiger partial charge < -0.3 is 21.3 Å². The lowest BCUT2D eigenvalue weighted by Gasteiger charge is -2.32. The maximum absolute atomic E-state index is 13.2. The van der Waals surface area contributed by atoms with E-state index in [1.807, 2.05) is 0 Å². The number of piperidine rings is 2. The van der Waals surface area contributed by atoms with Crippen molar-refractivity contribution in [1.82, 2.24) is 24.2 Å². The Morgan fingerprint density at radius 1 is 0.595 bits per heavy atom. The zero-order valence-electron chi connectivity index (χ0n) is 39.5. The Balaban J connectivity index is 0.000000197. The maximum Gasteiger partial charge on any atom is 0.311 e. The molecule has 6 aromatic rings. The summed E-state index contributed by atoms with van der Waals surface area (Å²) in [6, 6.07) is 26.4. The molecular weight excluding hydrogens is 1040 g/mol. The van der Waals surface area contributed by atoms with Gasteiger partial charge in [0.15, 0.2) is 0 Å². The SMILES string of the molecule is O=C(NCc1ccc(S(=O)(=O)N2CCC(Nc3ccc4c(c3)CCC4)CC2)s1)c1ccc([N+](=O)[O-])cc1.O=C(NCc1ccc(S(=O)(=O)N2CCC(Nc3ncccc3[N+](=O)[O-])CC2)s1)c1ccc([N+](=O)[O-])cc1. The Morgan fingerprint density at radius 2 is 1.07 bits per heavy atom. The van der Waals surface area contributed by atoms with Crippen LogP contribution in [0, 0.1) is 30.3 Å². The summed E-state index contributed by atoms with van der Waals surface area (Å²) in [6.07, 6.45) is 7.34. The molecule has 2 saturated heterocycles. The van der Waals surface area contributed by atoms with Crippen LogP contribution in [0.25, 0.3) is 0 Å². The quantitative estimate of drug-likeness (QED) is 0.0508. The number of nitrogens with zero attached hydrogens (tertiary/aromatic N) is 6. The number of hydrogen-bond donors (Lipinski definition) is 4. The number of nitro groups is 3. The number of nitrogens with one attached hydrogen (secondary N) is 4. The maximum atomic E-state index is 13.2. The van der Waals surface area contributed by atoms with E-state index in [0.717, 1.165) is 54.0 Å². The van der Waals surface area contributed by atoms with Gasteiger partial charge in [-0.3, -0.25) is 39.9 Å². The zero-order valence-corrected chi connectivity index (χ0v) is 42.7. The Morgan fingerprint density at radius 3 is 1.54 bits per heavy atom. The van der Waals surface area contributed by atoms with Gasteiger partial charge >= 0.3 is 5.69 Å². The second-order valence-corrected chi connectivity index (χ2v) is 24.2. The van der Waals surface area contributed by atoms with E-state index in [-0.39, 0.29) is 81.0 Å². The molecule has 0 atom stereocenters. The molecule has 3 aliphatic rings. The molecule has 74 heavy (non-hydrogen) atoms. The molecule has 0 unspecified atom stereocenters. The predicted molar refractivity (Wildman–Crippen MR) is 277 cm³/mol. The minimum absolute atomic E-state index is 0.0901. The van der Waals surface area contributed by atoms with Gasteiger partial charge in [-0.1, -0.05) is 6.07 Å². The molecule has 2 aliphatic heterocycles. The van der Waals surface area contributed by atoms with Crippen LogP contribution < -0.4 is 21.3 Å². The minimum atomic E-state index is -3.74. The molecule has 2 amide bonds. The highest BCUT2D eigenvalue weighted by Crippen LogP contribution is 2.32. The van der Waals surface area contributed by atoms with Gasteiger partial charge in [-0.15, -0.1) is 22.7 Å². The number of non-ortho nitro benzene ring substituents is 2. The van der Waals surface area contributed by atoms with Gasteiger partial charge in [-0.05, 0) is 123 Å². The van der Waals surface area contributed by atoms with E-state index in [1.165, 1.54) is 94.8 Å². The summed E-state index contributed by atoms with van der Waals surface area (Å²) in [5, 5.41) is 44.7. The molecule has 2 fully saturated rings. The molecule has 0 bridgehead atoms. The first-order valence-electron chi connectivity index (χ1n) is 23.4. The summed E-state index contributed by atoms with van der Waals surface area (Å²) in [7, 11) is -7.34. The largest absolute Gasteiger partial charge is 0.382 e. The lowest BCUT2D eigenvalue weighted by atomic mass is 10.0. The fourth-order valence-electron chi connectivity index (χ4n) is 8.67. The van der Waals surface area contributed by atoms with Crippen molar-refractivity contribution in [2.75, 3.05) is 36.8 Å². The number of carbonyl (C=O) groups is 2. The van der Waals surface area contributed by atoms with Crippen LogP contribution in [0.1, 0.15) is 73.7 Å². The highest BCUT2D eigenvalue weighted by Gasteiger charge is 2.33. The number of sulfonamides is 2. The van der Waals surface area contributed by atoms with E-state index in [9.17, 15) is 56.8 Å². The number of thiophene rings is 2. The van der Waals surface area contributed by atoms with Crippen LogP contribution in [0.3, 0.4) is 0 Å². The molecule has 1 aliphatic carbocycles. The molecule has 9 rings (SSSR count). The van der Waals surface area contributed by atoms with Gasteiger partial charge in [0.2, 0.25) is 5.82 Å². The first kappa shape index (κ1) is 53.1. The van der Waals surface area contributed by atoms with Crippen molar-refractivity contribution < 1.29 is 41.2 Å². The molecule has 3 aromatic heterocycles. The third-order valence-electron chi connectivity index (χ3n) is 12.7. The highest BCUT2D eigenvalue weighted by molar-refractivity contribution is 7.91. The van der Waals surface area contributed by atoms with Gasteiger partial charge in [0.1, 0.15) is 8.42 Å². The van der Waals surface area contributed by atoms with Crippen molar-refractivity contribution in [1.29, 1.82) is 0 Å². The smallest absolute Gasteiger partial charge is 0.311 e. The van der Waals surface area contributed by atoms with Crippen molar-refractivity contribution >= 4 is 83.1 Å². The van der Waals surface area contributed by atoms with E-state index in [2.05, 4.69) is 44.5 Å². The van der Waals surface area contributed by atoms with Crippen molar-refractivity contribution in [2.24, 2.45) is 0 Å². The standard InChI is InChI=1S/C26H28N4O5S2.C22H22N6O7S2/c31-26(19-5-8-23(9-6-19)30(32)33)27-17-24-10-11-25(36-24)37(34,35)29-14-12-21(13-15-29)28-22-7-4-18-2-1-3-20(18)16-22;29-22(15-3-5-17(6-4-15)27(30)31)24-14-18-7-8-20(36-18)37(34,35)26-12-9-16(10-13-26)25-21-19(28(32)33)2-1-11-23-21/h4-11,16,21,28H,1-3,12-15,17H2,(H,27,31);1-8,11,16H,9-10,12-14H2,(H,23,25)(H,24,29). The number of carbonyl (C=O) groups excluding carboxylic acids is 2. The predicted octanol–water partition coefficient (Wildman–Crippen LogP) is 7.49. The number of amides is 2. The van der Waals surface area contributed by atoms with E-state index in [1.54, 1.807) is 22.5 Å². The molecule has 0 saturated carbocycles. The van der Waals surface area contributed by atoms with Gasteiger partial charge in [-0.2, -0.15) is 8.61 Å². The summed E-state index contributed by atoms with van der Waals surface area (Å²) in [6.45, 7) is 1.66. The van der Waals surface area contributed by atoms with Crippen molar-refractivity contribution in [3.63, 3.8) is 0 Å². The Labute approximate surface area is 433 Å². The summed E-state index contributed by atoms with van der Waals surface area (Å²) >= 11 is 2.19. The molecule has 388 valence electrons. The number of aromatic nitrogens is 1. The van der Waals surface area contributed by atoms with Crippen LogP contribution in [0.15, 0.2) is 118 Å². The lowest BCUT2D eigenvalue weighted by molar-refractivity contribution is -0.385. The lowest BCUT2D eigenvalue weighted by Crippen LogP contribution is -2.42. The van der Waals surface area contributed by atoms with Crippen LogP contribution >= 0.6 is 22.7 Å². The van der Waals surface area contributed by atoms with E-state index in [4.69, 9.17) is 0 Å². The monoisotopic (exact) mass is 1090 g/mol. The second kappa shape index (κ2) is 23.3. The van der Waals surface area contributed by atoms with Crippen LogP contribution in [0.5, 0.6) is 0 Å². The summed E-state index contributed by atoms with van der Waals surface area (Å²) < 4.78 is 56.0. The molecule has 4 N–H and O–H groups in total. The van der Waals surface area contributed by atoms with E-state index >= 15 is 0 Å². The average Bonchev–Trinajstić information content (AvgIpc) is 4.21. The minimum Gasteiger partial charge on any atom is -0.382 e. The van der Waals surface area contributed by atoms with Crippen molar-refractivity contribution in [2.45, 2.75) is 78.5 Å². The number of anilines is 2. The van der Waals surface area contributed by atoms with Crippen molar-refractivity contribution in [3.8, 4) is 0 Å². The normalized spacial score (nSPS) is 15.5. The van der Waals surface area contributed by atoms with Gasteiger partial charge in [-0.25, -0.2) is 21.8 Å². The Bertz CT molecular complexity index is 3260. The first-order valence-corrected chi connectivity index (χ1v) is 27.9. The Kier molecular flexibility index (Phi) is 16.7. The van der Waals surface area contributed by atoms with Gasteiger partial charge in [0.25, 0.3) is 43.2 Å². The first-order chi connectivity index (χ1) is 35.4. The third-order valence-corrected chi connectivity index (χ3v) is 19.6.